The third-order valence-electron chi connectivity index (χ3n) is 6.30. The highest BCUT2D eigenvalue weighted by molar-refractivity contribution is 5.88. The molecular weight excluding hydrogens is 367 g/mol. The molecule has 0 aromatic rings. The molecule has 2 aliphatic heterocycles. The minimum Gasteiger partial charge on any atom is -0.368 e. The van der Waals surface area contributed by atoms with Crippen LogP contribution in [0.15, 0.2) is 0 Å². The number of hydrogen-bond acceptors (Lipinski definition) is 5. The molecular formula is C17H24F3N3O4. The number of carbonyl (C=O) groups is 3. The average Bonchev–Trinajstić information content (AvgIpc) is 3.13. The van der Waals surface area contributed by atoms with Gasteiger partial charge < -0.3 is 16.4 Å². The van der Waals surface area contributed by atoms with E-state index in [-0.39, 0.29) is 18.2 Å². The third kappa shape index (κ3) is 4.11. The summed E-state index contributed by atoms with van der Waals surface area (Å²) in [4.78, 5) is 36.9. The van der Waals surface area contributed by atoms with Gasteiger partial charge in [0.15, 0.2) is 5.78 Å². The van der Waals surface area contributed by atoms with Gasteiger partial charge in [0.1, 0.15) is 6.61 Å². The summed E-state index contributed by atoms with van der Waals surface area (Å²) >= 11 is 0. The Morgan fingerprint density at radius 2 is 2.07 bits per heavy atom. The molecule has 3 unspecified atom stereocenters. The Bertz CT molecular complexity index is 627. The molecule has 10 heteroatoms. The molecule has 4 N–H and O–H groups in total. The molecule has 2 amide bonds. The lowest BCUT2D eigenvalue weighted by Crippen LogP contribution is -2.60. The SMILES string of the molecule is NC(=O)C1NCC2CCC1([C@H](C[C@H]1CCNC1=O)C(=O)COC(F)(F)F)C2. The summed E-state index contributed by atoms with van der Waals surface area (Å²) < 4.78 is 41.1. The van der Waals surface area contributed by atoms with E-state index in [9.17, 15) is 27.6 Å². The van der Waals surface area contributed by atoms with Gasteiger partial charge in [0.2, 0.25) is 11.8 Å². The van der Waals surface area contributed by atoms with E-state index in [4.69, 9.17) is 5.73 Å². The lowest BCUT2D eigenvalue weighted by Gasteiger charge is -2.45. The van der Waals surface area contributed by atoms with E-state index >= 15 is 0 Å². The number of amides is 2. The summed E-state index contributed by atoms with van der Waals surface area (Å²) in [6.45, 7) is -0.0732. The van der Waals surface area contributed by atoms with Crippen LogP contribution in [0.25, 0.3) is 0 Å². The lowest BCUT2D eigenvalue weighted by molar-refractivity contribution is -0.321. The van der Waals surface area contributed by atoms with Gasteiger partial charge in [-0.1, -0.05) is 0 Å². The molecule has 2 bridgehead atoms. The van der Waals surface area contributed by atoms with Crippen molar-refractivity contribution in [2.45, 2.75) is 44.5 Å². The summed E-state index contributed by atoms with van der Waals surface area (Å²) in [5.74, 6) is -2.70. The van der Waals surface area contributed by atoms with Crippen LogP contribution in [0.2, 0.25) is 0 Å². The van der Waals surface area contributed by atoms with Crippen molar-refractivity contribution in [3.8, 4) is 0 Å². The second-order valence-corrected chi connectivity index (χ2v) is 7.85. The number of alkyl halides is 3. The summed E-state index contributed by atoms with van der Waals surface area (Å²) in [5.41, 5.74) is 4.68. The Morgan fingerprint density at radius 1 is 1.33 bits per heavy atom. The van der Waals surface area contributed by atoms with Gasteiger partial charge in [-0.15, -0.1) is 13.2 Å². The highest BCUT2D eigenvalue weighted by Crippen LogP contribution is 2.54. The summed E-state index contributed by atoms with van der Waals surface area (Å²) in [7, 11) is 0. The standard InChI is InChI=1S/C17H24F3N3O4/c18-17(19,20)27-8-12(24)11(5-10-2-4-22-15(10)26)16-3-1-9(6-16)7-23-13(16)14(21)25/h9-11,13,23H,1-8H2,(H2,21,25)(H,22,26)/t9?,10-,11-,13?,16?/m1/s1. The quantitative estimate of drug-likeness (QED) is 0.585. The number of ketones is 1. The number of nitrogens with one attached hydrogen (secondary N) is 2. The number of primary amides is 1. The van der Waals surface area contributed by atoms with Gasteiger partial charge in [0, 0.05) is 23.8 Å². The van der Waals surface area contributed by atoms with Gasteiger partial charge in [-0.25, -0.2) is 0 Å². The van der Waals surface area contributed by atoms with Crippen molar-refractivity contribution in [1.29, 1.82) is 0 Å². The predicted molar refractivity (Wildman–Crippen MR) is 87.0 cm³/mol. The maximum Gasteiger partial charge on any atom is 0.522 e. The molecule has 5 atom stereocenters. The van der Waals surface area contributed by atoms with Crippen LogP contribution in [-0.4, -0.2) is 49.7 Å². The van der Waals surface area contributed by atoms with E-state index < -0.39 is 48.0 Å². The molecule has 152 valence electrons. The first-order valence-corrected chi connectivity index (χ1v) is 9.16. The fraction of sp³-hybridized carbons (Fsp3) is 0.824. The van der Waals surface area contributed by atoms with Crippen molar-refractivity contribution in [1.82, 2.24) is 10.6 Å². The minimum atomic E-state index is -4.92. The van der Waals surface area contributed by atoms with Gasteiger partial charge in [-0.3, -0.25) is 19.1 Å². The van der Waals surface area contributed by atoms with Crippen molar-refractivity contribution in [3.05, 3.63) is 0 Å². The Balaban J connectivity index is 1.88. The zero-order valence-electron chi connectivity index (χ0n) is 14.8. The number of halogens is 3. The second-order valence-electron chi connectivity index (χ2n) is 7.85. The fourth-order valence-electron chi connectivity index (χ4n) is 5.13. The number of Topliss-reactive ketones (excluding diaryl/α,β-unsaturated/α-hetero) is 1. The van der Waals surface area contributed by atoms with E-state index in [0.717, 1.165) is 6.42 Å². The predicted octanol–water partition coefficient (Wildman–Crippen LogP) is 0.478. The highest BCUT2D eigenvalue weighted by atomic mass is 19.4. The van der Waals surface area contributed by atoms with Crippen molar-refractivity contribution < 1.29 is 32.3 Å². The molecule has 3 aliphatic rings. The molecule has 1 aliphatic carbocycles. The van der Waals surface area contributed by atoms with Crippen molar-refractivity contribution in [2.75, 3.05) is 19.7 Å². The maximum atomic E-state index is 12.8. The molecule has 0 radical (unpaired) electrons. The number of nitrogens with two attached hydrogens (primary N) is 1. The van der Waals surface area contributed by atoms with Crippen LogP contribution in [0.1, 0.15) is 32.1 Å². The molecule has 0 aromatic heterocycles. The third-order valence-corrected chi connectivity index (χ3v) is 6.30. The largest absolute Gasteiger partial charge is 0.522 e. The van der Waals surface area contributed by atoms with Crippen molar-refractivity contribution in [3.63, 3.8) is 0 Å². The number of hydrogen-bond donors (Lipinski definition) is 3. The fourth-order valence-corrected chi connectivity index (χ4v) is 5.13. The number of carbonyl (C=O) groups excluding carboxylic acids is 3. The van der Waals surface area contributed by atoms with Crippen LogP contribution in [0.3, 0.4) is 0 Å². The monoisotopic (exact) mass is 391 g/mol. The summed E-state index contributed by atoms with van der Waals surface area (Å²) in [6.07, 6.45) is -2.51. The first kappa shape index (κ1) is 20.1. The van der Waals surface area contributed by atoms with E-state index in [0.29, 0.717) is 32.4 Å². The molecule has 0 aromatic carbocycles. The van der Waals surface area contributed by atoms with Gasteiger partial charge >= 0.3 is 6.36 Å². The van der Waals surface area contributed by atoms with Gasteiger partial charge in [0.25, 0.3) is 0 Å². The lowest BCUT2D eigenvalue weighted by atomic mass is 9.62. The first-order valence-electron chi connectivity index (χ1n) is 9.16. The summed E-state index contributed by atoms with van der Waals surface area (Å²) in [5, 5.41) is 5.75. The average molecular weight is 391 g/mol. The Kier molecular flexibility index (Phi) is 5.49. The smallest absolute Gasteiger partial charge is 0.368 e. The van der Waals surface area contributed by atoms with Gasteiger partial charge in [0.05, 0.1) is 6.04 Å². The normalized spacial score (nSPS) is 34.3. The molecule has 2 saturated heterocycles. The topological polar surface area (TPSA) is 111 Å². The zero-order chi connectivity index (χ0) is 19.8. The molecule has 3 fully saturated rings. The number of rotatable bonds is 7. The molecule has 27 heavy (non-hydrogen) atoms. The number of ether oxygens (including phenoxy) is 1. The zero-order valence-corrected chi connectivity index (χ0v) is 14.8. The molecule has 7 nitrogen and oxygen atoms in total. The first-order chi connectivity index (χ1) is 12.6. The number of fused-ring (bicyclic) bond motifs is 2. The Morgan fingerprint density at radius 3 is 2.67 bits per heavy atom. The molecule has 0 spiro atoms. The maximum absolute atomic E-state index is 12.8. The highest BCUT2D eigenvalue weighted by Gasteiger charge is 2.57. The van der Waals surface area contributed by atoms with E-state index in [1.54, 1.807) is 0 Å². The van der Waals surface area contributed by atoms with Gasteiger partial charge in [-0.2, -0.15) is 0 Å². The van der Waals surface area contributed by atoms with E-state index in [1.807, 2.05) is 0 Å². The minimum absolute atomic E-state index is 0.101. The van der Waals surface area contributed by atoms with Crippen LogP contribution in [0, 0.1) is 23.2 Å². The molecule has 1 saturated carbocycles. The Labute approximate surface area is 154 Å². The van der Waals surface area contributed by atoms with Crippen molar-refractivity contribution in [2.24, 2.45) is 28.9 Å². The number of piperidine rings is 1. The molecule has 2 heterocycles. The second kappa shape index (κ2) is 7.38. The van der Waals surface area contributed by atoms with Gasteiger partial charge in [-0.05, 0) is 44.6 Å². The van der Waals surface area contributed by atoms with Crippen LogP contribution in [-0.2, 0) is 19.1 Å². The van der Waals surface area contributed by atoms with Crippen LogP contribution >= 0.6 is 0 Å². The summed E-state index contributed by atoms with van der Waals surface area (Å²) in [6, 6.07) is -0.805. The molecule has 3 rings (SSSR count). The van der Waals surface area contributed by atoms with Crippen LogP contribution < -0.4 is 16.4 Å². The Hall–Kier alpha value is -1.68. The van der Waals surface area contributed by atoms with Crippen LogP contribution in [0.4, 0.5) is 13.2 Å². The van der Waals surface area contributed by atoms with Crippen LogP contribution in [0.5, 0.6) is 0 Å². The van der Waals surface area contributed by atoms with E-state index in [1.165, 1.54) is 0 Å². The van der Waals surface area contributed by atoms with E-state index in [2.05, 4.69) is 15.4 Å². The van der Waals surface area contributed by atoms with Crippen molar-refractivity contribution >= 4 is 17.6 Å².